The molecule has 2 N–H and O–H groups in total. The van der Waals surface area contributed by atoms with Crippen LogP contribution in [-0.4, -0.2) is 46.2 Å². The van der Waals surface area contributed by atoms with Crippen LogP contribution in [0.25, 0.3) is 10.8 Å². The predicted molar refractivity (Wildman–Crippen MR) is 163 cm³/mol. The molecule has 1 fully saturated rings. The molecular formula is C32H39N3O4S. The van der Waals surface area contributed by atoms with Crippen molar-refractivity contribution < 1.29 is 19.1 Å². The average molecular weight is 562 g/mol. The molecule has 0 aromatic heterocycles. The zero-order valence-corrected chi connectivity index (χ0v) is 24.9. The van der Waals surface area contributed by atoms with Gasteiger partial charge in [0.25, 0.3) is 5.91 Å². The number of hydrogen-bond donors (Lipinski definition) is 3. The van der Waals surface area contributed by atoms with E-state index in [4.69, 9.17) is 4.74 Å². The lowest BCUT2D eigenvalue weighted by Crippen LogP contribution is -2.54. The molecule has 3 amide bonds. The first-order valence-corrected chi connectivity index (χ1v) is 14.3. The monoisotopic (exact) mass is 561 g/mol. The standard InChI is InChI=1S/C32H39N3O4S/c1-19-11-12-24(15-20(19)2)28(29(36)33-25-14-13-22-9-7-8-10-23(22)17-25)35(27-16-21(27)3)30(37)26(18-40)34-31(38)39-32(4,5)6/h7-15,17,21,26-28,40H,16,18H2,1-6H3,(H,33,36)(H,34,38). The molecule has 0 radical (unpaired) electrons. The van der Waals surface area contributed by atoms with E-state index in [9.17, 15) is 14.4 Å². The molecule has 1 saturated carbocycles. The van der Waals surface area contributed by atoms with E-state index in [-0.39, 0.29) is 29.5 Å². The molecule has 4 rings (SSSR count). The van der Waals surface area contributed by atoms with Crippen molar-refractivity contribution >= 4 is 47.0 Å². The summed E-state index contributed by atoms with van der Waals surface area (Å²) in [5, 5.41) is 7.81. The maximum Gasteiger partial charge on any atom is 0.408 e. The molecule has 4 unspecified atom stereocenters. The average Bonchev–Trinajstić information content (AvgIpc) is 3.61. The molecule has 0 bridgehead atoms. The van der Waals surface area contributed by atoms with Crippen LogP contribution in [0.2, 0.25) is 0 Å². The minimum absolute atomic E-state index is 0.0572. The Labute approximate surface area is 242 Å². The Morgan fingerprint density at radius 3 is 2.27 bits per heavy atom. The fraction of sp³-hybridized carbons (Fsp3) is 0.406. The Balaban J connectivity index is 1.71. The molecule has 4 atom stereocenters. The molecule has 0 saturated heterocycles. The van der Waals surface area contributed by atoms with Crippen LogP contribution in [0.15, 0.2) is 60.7 Å². The number of amides is 3. The van der Waals surface area contributed by atoms with E-state index in [2.05, 4.69) is 30.2 Å². The summed E-state index contributed by atoms with van der Waals surface area (Å²) in [6.07, 6.45) is 0.0641. The van der Waals surface area contributed by atoms with Gasteiger partial charge in [-0.05, 0) is 86.6 Å². The molecule has 1 aliphatic carbocycles. The predicted octanol–water partition coefficient (Wildman–Crippen LogP) is 6.20. The van der Waals surface area contributed by atoms with Gasteiger partial charge in [-0.3, -0.25) is 9.59 Å². The molecular weight excluding hydrogens is 522 g/mol. The van der Waals surface area contributed by atoms with E-state index in [1.54, 1.807) is 25.7 Å². The third-order valence-electron chi connectivity index (χ3n) is 7.24. The first-order valence-electron chi connectivity index (χ1n) is 13.7. The number of carbonyl (C=O) groups excluding carboxylic acids is 3. The maximum absolute atomic E-state index is 14.1. The zero-order chi connectivity index (χ0) is 29.2. The molecule has 3 aromatic carbocycles. The van der Waals surface area contributed by atoms with Gasteiger partial charge >= 0.3 is 6.09 Å². The number of nitrogens with zero attached hydrogens (tertiary/aromatic N) is 1. The third kappa shape index (κ3) is 6.97. The highest BCUT2D eigenvalue weighted by Crippen LogP contribution is 2.41. The van der Waals surface area contributed by atoms with Gasteiger partial charge in [0.15, 0.2) is 0 Å². The first kappa shape index (κ1) is 29.5. The van der Waals surface area contributed by atoms with Crippen molar-refractivity contribution in [2.24, 2.45) is 5.92 Å². The molecule has 7 nitrogen and oxygen atoms in total. The smallest absolute Gasteiger partial charge is 0.408 e. The van der Waals surface area contributed by atoms with Crippen molar-refractivity contribution in [2.75, 3.05) is 11.1 Å². The number of aryl methyl sites for hydroxylation is 2. The molecule has 8 heteroatoms. The van der Waals surface area contributed by atoms with Crippen molar-refractivity contribution in [3.63, 3.8) is 0 Å². The van der Waals surface area contributed by atoms with Crippen molar-refractivity contribution in [3.8, 4) is 0 Å². The summed E-state index contributed by atoms with van der Waals surface area (Å²) < 4.78 is 5.40. The number of hydrogen-bond acceptors (Lipinski definition) is 5. The topological polar surface area (TPSA) is 87.7 Å². The van der Waals surface area contributed by atoms with Crippen molar-refractivity contribution in [1.82, 2.24) is 10.2 Å². The SMILES string of the molecule is Cc1ccc(C(C(=O)Nc2ccc3ccccc3c2)N(C(=O)C(CS)NC(=O)OC(C)(C)C)C2CC2C)cc1C. The van der Waals surface area contributed by atoms with E-state index >= 15 is 0 Å². The van der Waals surface area contributed by atoms with Crippen LogP contribution in [0, 0.1) is 19.8 Å². The summed E-state index contributed by atoms with van der Waals surface area (Å²) in [5.74, 6) is -0.413. The van der Waals surface area contributed by atoms with Crippen molar-refractivity contribution in [2.45, 2.75) is 71.7 Å². The molecule has 40 heavy (non-hydrogen) atoms. The molecule has 0 aliphatic heterocycles. The fourth-order valence-electron chi connectivity index (χ4n) is 4.84. The van der Waals surface area contributed by atoms with Gasteiger partial charge in [-0.15, -0.1) is 0 Å². The second-order valence-corrected chi connectivity index (χ2v) is 12.1. The largest absolute Gasteiger partial charge is 0.444 e. The number of ether oxygens (including phenoxy) is 1. The normalized spacial score (nSPS) is 18.0. The van der Waals surface area contributed by atoms with Crippen LogP contribution in [0.1, 0.15) is 56.8 Å². The quantitative estimate of drug-likeness (QED) is 0.286. The second-order valence-electron chi connectivity index (χ2n) is 11.7. The van der Waals surface area contributed by atoms with Gasteiger partial charge in [-0.1, -0.05) is 55.5 Å². The first-order chi connectivity index (χ1) is 18.9. The number of anilines is 1. The van der Waals surface area contributed by atoms with Gasteiger partial charge in [0, 0.05) is 17.5 Å². The lowest BCUT2D eigenvalue weighted by Gasteiger charge is -2.35. The molecule has 0 spiro atoms. The van der Waals surface area contributed by atoms with E-state index in [1.807, 2.05) is 74.5 Å². The van der Waals surface area contributed by atoms with E-state index in [0.29, 0.717) is 11.3 Å². The van der Waals surface area contributed by atoms with Crippen LogP contribution in [0.3, 0.4) is 0 Å². The van der Waals surface area contributed by atoms with Gasteiger partial charge in [0.2, 0.25) is 5.91 Å². The highest BCUT2D eigenvalue weighted by Gasteiger charge is 2.48. The number of thiol groups is 1. The maximum atomic E-state index is 14.1. The Hall–Kier alpha value is -3.52. The van der Waals surface area contributed by atoms with Gasteiger partial charge in [0.1, 0.15) is 17.7 Å². The lowest BCUT2D eigenvalue weighted by molar-refractivity contribution is -0.141. The Kier molecular flexibility index (Phi) is 8.78. The third-order valence-corrected chi connectivity index (χ3v) is 7.61. The number of nitrogens with one attached hydrogen (secondary N) is 2. The van der Waals surface area contributed by atoms with Gasteiger partial charge < -0.3 is 20.3 Å². The fourth-order valence-corrected chi connectivity index (χ4v) is 5.09. The van der Waals surface area contributed by atoms with Crippen LogP contribution < -0.4 is 10.6 Å². The Morgan fingerprint density at radius 1 is 1.00 bits per heavy atom. The van der Waals surface area contributed by atoms with Gasteiger partial charge in [-0.2, -0.15) is 12.6 Å². The van der Waals surface area contributed by atoms with Crippen molar-refractivity contribution in [1.29, 1.82) is 0 Å². The van der Waals surface area contributed by atoms with E-state index in [1.165, 1.54) is 0 Å². The van der Waals surface area contributed by atoms with Crippen LogP contribution >= 0.6 is 12.6 Å². The minimum Gasteiger partial charge on any atom is -0.444 e. The molecule has 0 heterocycles. The summed E-state index contributed by atoms with van der Waals surface area (Å²) in [5.41, 5.74) is 2.75. The minimum atomic E-state index is -0.964. The summed E-state index contributed by atoms with van der Waals surface area (Å²) in [7, 11) is 0. The van der Waals surface area contributed by atoms with Crippen LogP contribution in [0.5, 0.6) is 0 Å². The number of benzene rings is 3. The number of alkyl carbamates (subject to hydrolysis) is 1. The molecule has 3 aromatic rings. The van der Waals surface area contributed by atoms with Crippen LogP contribution in [0.4, 0.5) is 10.5 Å². The van der Waals surface area contributed by atoms with Gasteiger partial charge in [0.05, 0.1) is 0 Å². The Bertz CT molecular complexity index is 1420. The van der Waals surface area contributed by atoms with E-state index < -0.39 is 23.8 Å². The Morgan fingerprint density at radius 2 is 1.68 bits per heavy atom. The zero-order valence-electron chi connectivity index (χ0n) is 24.0. The highest BCUT2D eigenvalue weighted by atomic mass is 32.1. The summed E-state index contributed by atoms with van der Waals surface area (Å²) in [6.45, 7) is 11.3. The number of fused-ring (bicyclic) bond motifs is 1. The number of rotatable bonds is 8. The lowest BCUT2D eigenvalue weighted by atomic mass is 9.98. The van der Waals surface area contributed by atoms with Crippen molar-refractivity contribution in [3.05, 3.63) is 77.4 Å². The van der Waals surface area contributed by atoms with Gasteiger partial charge in [-0.25, -0.2) is 4.79 Å². The summed E-state index contributed by atoms with van der Waals surface area (Å²) >= 11 is 4.38. The highest BCUT2D eigenvalue weighted by molar-refractivity contribution is 7.80. The van der Waals surface area contributed by atoms with E-state index in [0.717, 1.165) is 28.3 Å². The summed E-state index contributed by atoms with van der Waals surface area (Å²) in [4.78, 5) is 42.5. The molecule has 1 aliphatic rings. The number of carbonyl (C=O) groups is 3. The second kappa shape index (κ2) is 11.9. The summed E-state index contributed by atoms with van der Waals surface area (Å²) in [6, 6.07) is 17.5. The van der Waals surface area contributed by atoms with Crippen LogP contribution in [-0.2, 0) is 14.3 Å². The molecule has 212 valence electrons.